The lowest BCUT2D eigenvalue weighted by Crippen LogP contribution is -2.40. The highest BCUT2D eigenvalue weighted by atomic mass is 16.7. The van der Waals surface area contributed by atoms with Crippen molar-refractivity contribution in [2.45, 2.75) is 334 Å². The molecule has 0 fully saturated rings. The molecule has 1 N–H and O–H groups in total. The largest absolute Gasteiger partial charge is 0.477 e. The molecule has 0 aliphatic carbocycles. The number of carbonyl (C=O) groups excluding carboxylic acids is 2. The van der Waals surface area contributed by atoms with Crippen molar-refractivity contribution in [1.29, 1.82) is 0 Å². The predicted octanol–water partition coefficient (Wildman–Crippen LogP) is 21.1. The fourth-order valence-electron chi connectivity index (χ4n) is 10.0. The van der Waals surface area contributed by atoms with Crippen molar-refractivity contribution < 1.29 is 42.9 Å². The molecule has 9 nitrogen and oxygen atoms in total. The van der Waals surface area contributed by atoms with Crippen molar-refractivity contribution in [3.8, 4) is 0 Å². The topological polar surface area (TPSA) is 108 Å². The van der Waals surface area contributed by atoms with Crippen LogP contribution in [0, 0.1) is 0 Å². The molecule has 0 saturated heterocycles. The van der Waals surface area contributed by atoms with Crippen LogP contribution in [0.15, 0.2) is 60.8 Å². The Morgan fingerprint density at radius 2 is 0.704 bits per heavy atom. The van der Waals surface area contributed by atoms with E-state index in [9.17, 15) is 19.5 Å². The molecular formula is C72H132NO8+. The normalized spacial score (nSPS) is 13.0. The van der Waals surface area contributed by atoms with Gasteiger partial charge < -0.3 is 28.5 Å². The molecule has 0 aliphatic rings. The molecule has 0 spiro atoms. The molecule has 0 radical (unpaired) electrons. The minimum atomic E-state index is -1.52. The third-order valence-corrected chi connectivity index (χ3v) is 15.3. The number of rotatable bonds is 64. The van der Waals surface area contributed by atoms with E-state index < -0.39 is 24.3 Å². The van der Waals surface area contributed by atoms with Gasteiger partial charge in [0, 0.05) is 12.8 Å². The smallest absolute Gasteiger partial charge is 0.361 e. The highest BCUT2D eigenvalue weighted by Crippen LogP contribution is 2.18. The molecule has 81 heavy (non-hydrogen) atoms. The summed E-state index contributed by atoms with van der Waals surface area (Å²) in [5, 5.41) is 9.70. The first-order valence-corrected chi connectivity index (χ1v) is 34.5. The number of carboxylic acid groups (broad SMARTS) is 1. The molecule has 0 heterocycles. The quantitative estimate of drug-likeness (QED) is 0.0211. The van der Waals surface area contributed by atoms with Gasteiger partial charge in [-0.3, -0.25) is 9.59 Å². The Kier molecular flexibility index (Phi) is 60.7. The number of hydrogen-bond acceptors (Lipinski definition) is 7. The van der Waals surface area contributed by atoms with Crippen molar-refractivity contribution in [3.05, 3.63) is 60.8 Å². The van der Waals surface area contributed by atoms with Crippen LogP contribution in [0.2, 0.25) is 0 Å². The van der Waals surface area contributed by atoms with Gasteiger partial charge in [0.1, 0.15) is 13.2 Å². The summed E-state index contributed by atoms with van der Waals surface area (Å²) in [5.74, 6) is -2.05. The van der Waals surface area contributed by atoms with Crippen molar-refractivity contribution in [2.24, 2.45) is 0 Å². The van der Waals surface area contributed by atoms with Gasteiger partial charge >= 0.3 is 17.9 Å². The third-order valence-electron chi connectivity index (χ3n) is 15.3. The number of hydrogen-bond donors (Lipinski definition) is 1. The molecule has 0 aromatic carbocycles. The average Bonchev–Trinajstić information content (AvgIpc) is 3.44. The van der Waals surface area contributed by atoms with Gasteiger partial charge in [-0.2, -0.15) is 0 Å². The van der Waals surface area contributed by atoms with Gasteiger partial charge in [0.05, 0.1) is 34.4 Å². The molecule has 472 valence electrons. The fraction of sp³-hybridized carbons (Fsp3) is 0.819. The van der Waals surface area contributed by atoms with E-state index >= 15 is 0 Å². The first-order valence-electron chi connectivity index (χ1n) is 34.5. The summed E-state index contributed by atoms with van der Waals surface area (Å²) in [7, 11) is 5.96. The molecule has 0 aromatic heterocycles. The molecule has 2 unspecified atom stereocenters. The van der Waals surface area contributed by atoms with Crippen molar-refractivity contribution in [2.75, 3.05) is 47.5 Å². The van der Waals surface area contributed by atoms with Crippen LogP contribution >= 0.6 is 0 Å². The van der Waals surface area contributed by atoms with Gasteiger partial charge in [-0.15, -0.1) is 0 Å². The number of carboxylic acids is 1. The molecule has 2 atom stereocenters. The van der Waals surface area contributed by atoms with Gasteiger partial charge in [0.25, 0.3) is 6.29 Å². The van der Waals surface area contributed by atoms with E-state index in [1.54, 1.807) is 0 Å². The van der Waals surface area contributed by atoms with Crippen LogP contribution in [0.25, 0.3) is 0 Å². The summed E-state index contributed by atoms with van der Waals surface area (Å²) in [5.41, 5.74) is 0. The van der Waals surface area contributed by atoms with Crippen LogP contribution in [-0.2, 0) is 33.3 Å². The lowest BCUT2D eigenvalue weighted by molar-refractivity contribution is -0.870. The number of likely N-dealkylation sites (N-methyl/N-ethyl adjacent to an activating group) is 1. The van der Waals surface area contributed by atoms with E-state index in [0.29, 0.717) is 23.9 Å². The van der Waals surface area contributed by atoms with Crippen molar-refractivity contribution in [1.82, 2.24) is 0 Å². The van der Waals surface area contributed by atoms with Gasteiger partial charge in [0.2, 0.25) is 0 Å². The fourth-order valence-corrected chi connectivity index (χ4v) is 10.0. The van der Waals surface area contributed by atoms with Gasteiger partial charge in [-0.05, 0) is 77.0 Å². The minimum Gasteiger partial charge on any atom is -0.477 e. The molecule has 0 bridgehead atoms. The summed E-state index contributed by atoms with van der Waals surface area (Å²) >= 11 is 0. The standard InChI is InChI=1S/C72H131NO8/c1-6-8-10-12-14-16-18-20-22-23-24-25-26-27-28-29-30-31-32-33-34-35-36-37-38-39-40-41-42-43-44-45-46-47-49-50-52-54-56-58-60-62-69(74)79-66-68(67-80-72(71(76)77)78-65-64-73(3,4)5)81-70(75)63-61-59-57-55-53-51-48-21-19-17-15-13-11-9-7-2/h9,11,15,17,21,23-24,48,53,55,68,72H,6-8,10,12-14,16,18-20,22,25-47,49-52,54,56-67H2,1-5H3/p+1/b11-9-,17-15-,24-23-,48-21-,55-53-. The summed E-state index contributed by atoms with van der Waals surface area (Å²) in [6.07, 6.45) is 79.6. The zero-order valence-electron chi connectivity index (χ0n) is 53.9. The molecule has 0 amide bonds. The number of nitrogens with zero attached hydrogens (tertiary/aromatic N) is 1. The minimum absolute atomic E-state index is 0.179. The molecule has 0 aromatic rings. The molecule has 0 saturated carbocycles. The van der Waals surface area contributed by atoms with Crippen molar-refractivity contribution >= 4 is 17.9 Å². The summed E-state index contributed by atoms with van der Waals surface area (Å²) < 4.78 is 22.8. The Bertz CT molecular complexity index is 1510. The maximum atomic E-state index is 12.8. The zero-order valence-corrected chi connectivity index (χ0v) is 53.9. The van der Waals surface area contributed by atoms with Gasteiger partial charge in [-0.25, -0.2) is 4.79 Å². The zero-order chi connectivity index (χ0) is 59.1. The molecular weight excluding hydrogens is 1010 g/mol. The lowest BCUT2D eigenvalue weighted by Gasteiger charge is -2.25. The van der Waals surface area contributed by atoms with E-state index in [1.807, 2.05) is 21.1 Å². The Balaban J connectivity index is 3.90. The Morgan fingerprint density at radius 1 is 0.383 bits per heavy atom. The number of quaternary nitrogens is 1. The number of allylic oxidation sites excluding steroid dienone is 10. The first kappa shape index (κ1) is 78.0. The maximum Gasteiger partial charge on any atom is 0.361 e. The first-order chi connectivity index (χ1) is 39.6. The monoisotopic (exact) mass is 1140 g/mol. The number of esters is 2. The number of ether oxygens (including phenoxy) is 4. The number of carbonyl (C=O) groups is 3. The van der Waals surface area contributed by atoms with E-state index in [1.165, 1.54) is 231 Å². The van der Waals surface area contributed by atoms with Crippen LogP contribution < -0.4 is 0 Å². The van der Waals surface area contributed by atoms with E-state index in [-0.39, 0.29) is 32.2 Å². The molecule has 0 aliphatic heterocycles. The summed E-state index contributed by atoms with van der Waals surface area (Å²) in [6, 6.07) is 0. The van der Waals surface area contributed by atoms with Crippen LogP contribution in [-0.4, -0.2) is 87.4 Å². The molecule has 9 heteroatoms. The lowest BCUT2D eigenvalue weighted by atomic mass is 10.0. The van der Waals surface area contributed by atoms with Crippen LogP contribution in [0.1, 0.15) is 322 Å². The Morgan fingerprint density at radius 3 is 1.09 bits per heavy atom. The Hall–Kier alpha value is -3.01. The highest BCUT2D eigenvalue weighted by Gasteiger charge is 2.25. The van der Waals surface area contributed by atoms with Gasteiger partial charge in [0.15, 0.2) is 6.10 Å². The van der Waals surface area contributed by atoms with E-state index in [2.05, 4.69) is 74.6 Å². The maximum absolute atomic E-state index is 12.8. The van der Waals surface area contributed by atoms with Crippen LogP contribution in [0.4, 0.5) is 0 Å². The molecule has 0 rings (SSSR count). The second-order valence-electron chi connectivity index (χ2n) is 24.5. The second kappa shape index (κ2) is 63.0. The van der Waals surface area contributed by atoms with E-state index in [4.69, 9.17) is 18.9 Å². The average molecular weight is 1140 g/mol. The highest BCUT2D eigenvalue weighted by molar-refractivity contribution is 5.71. The SMILES string of the molecule is CC/C=C\C/C=C\C/C=C\C/C=C\CCCCC(=O)OC(COC(=O)CCCCCCCCCCCCCCCCCCCCCCCCCCCCCCC/C=C\CCCCCCCCCC)COC(OCC[N+](C)(C)C)C(=O)O. The van der Waals surface area contributed by atoms with Crippen LogP contribution in [0.5, 0.6) is 0 Å². The van der Waals surface area contributed by atoms with Crippen LogP contribution in [0.3, 0.4) is 0 Å². The number of aliphatic carboxylic acids is 1. The summed E-state index contributed by atoms with van der Waals surface area (Å²) in [4.78, 5) is 37.4. The van der Waals surface area contributed by atoms with E-state index in [0.717, 1.165) is 57.8 Å². The van der Waals surface area contributed by atoms with Crippen molar-refractivity contribution in [3.63, 3.8) is 0 Å². The second-order valence-corrected chi connectivity index (χ2v) is 24.5. The summed E-state index contributed by atoms with van der Waals surface area (Å²) in [6.45, 7) is 4.74. The Labute approximate surface area is 501 Å². The predicted molar refractivity (Wildman–Crippen MR) is 346 cm³/mol. The number of unbranched alkanes of at least 4 members (excludes halogenated alkanes) is 39. The third kappa shape index (κ3) is 64.4. The van der Waals surface area contributed by atoms with Gasteiger partial charge in [-0.1, -0.05) is 293 Å².